The van der Waals surface area contributed by atoms with Crippen molar-refractivity contribution in [2.45, 2.75) is 46.4 Å². The first-order valence-electron chi connectivity index (χ1n) is 10.7. The Morgan fingerprint density at radius 1 is 0.943 bits per heavy atom. The number of hydrogen-bond acceptors (Lipinski definition) is 5. The summed E-state index contributed by atoms with van der Waals surface area (Å²) >= 11 is 12.0. The van der Waals surface area contributed by atoms with Gasteiger partial charge in [-0.1, -0.05) is 29.3 Å². The topological polar surface area (TPSA) is 93.2 Å². The van der Waals surface area contributed by atoms with Crippen molar-refractivity contribution in [1.82, 2.24) is 20.6 Å². The van der Waals surface area contributed by atoms with E-state index in [0.717, 1.165) is 5.56 Å². The standard InChI is InChI=1S/C25H25Cl2FN4O3/c1-14-17(6-8-22(28)31-14)20-10-16(13-30-24(34)35-25(2,3)4)11-21(32-20)23(33)29-12-15-5-7-18(26)19(27)9-15/h5-11H,12-13H2,1-4H3,(H,29,33)(H,30,34). The second-order valence-electron chi connectivity index (χ2n) is 8.80. The van der Waals surface area contributed by atoms with Gasteiger partial charge in [0.25, 0.3) is 5.91 Å². The number of carbonyl (C=O) groups excluding carboxylic acids is 2. The Labute approximate surface area is 213 Å². The molecule has 2 amide bonds. The Bertz CT molecular complexity index is 1260. The van der Waals surface area contributed by atoms with E-state index in [1.165, 1.54) is 6.07 Å². The Morgan fingerprint density at radius 2 is 1.66 bits per heavy atom. The Kier molecular flexibility index (Phi) is 8.30. The highest BCUT2D eigenvalue weighted by Crippen LogP contribution is 2.24. The zero-order valence-electron chi connectivity index (χ0n) is 19.7. The lowest BCUT2D eigenvalue weighted by Crippen LogP contribution is -2.32. The molecule has 35 heavy (non-hydrogen) atoms. The minimum atomic E-state index is -0.653. The number of benzene rings is 1. The van der Waals surface area contributed by atoms with Crippen molar-refractivity contribution in [2.24, 2.45) is 0 Å². The molecule has 0 fully saturated rings. The van der Waals surface area contributed by atoms with E-state index in [1.807, 2.05) is 0 Å². The molecule has 184 valence electrons. The van der Waals surface area contributed by atoms with Crippen molar-refractivity contribution >= 4 is 35.2 Å². The summed E-state index contributed by atoms with van der Waals surface area (Å²) in [5.41, 5.74) is 2.21. The van der Waals surface area contributed by atoms with Crippen LogP contribution in [-0.4, -0.2) is 27.6 Å². The van der Waals surface area contributed by atoms with Crippen LogP contribution >= 0.6 is 23.2 Å². The summed E-state index contributed by atoms with van der Waals surface area (Å²) in [4.78, 5) is 33.4. The molecule has 3 rings (SSSR count). The number of hydrogen-bond donors (Lipinski definition) is 2. The lowest BCUT2D eigenvalue weighted by Gasteiger charge is -2.20. The number of ether oxygens (including phenoxy) is 1. The van der Waals surface area contributed by atoms with Gasteiger partial charge in [0.15, 0.2) is 0 Å². The highest BCUT2D eigenvalue weighted by Gasteiger charge is 2.18. The lowest BCUT2D eigenvalue weighted by atomic mass is 10.1. The third-order valence-electron chi connectivity index (χ3n) is 4.72. The Hall–Kier alpha value is -3.23. The number of rotatable bonds is 6. The molecule has 2 N–H and O–H groups in total. The number of nitrogens with zero attached hydrogens (tertiary/aromatic N) is 2. The molecule has 0 radical (unpaired) electrons. The van der Waals surface area contributed by atoms with E-state index in [9.17, 15) is 14.0 Å². The molecule has 10 heteroatoms. The van der Waals surface area contributed by atoms with Crippen LogP contribution < -0.4 is 10.6 Å². The van der Waals surface area contributed by atoms with Crippen LogP contribution in [0.25, 0.3) is 11.3 Å². The van der Waals surface area contributed by atoms with Crippen LogP contribution in [0.3, 0.4) is 0 Å². The van der Waals surface area contributed by atoms with Crippen LogP contribution in [0.1, 0.15) is 48.1 Å². The molecule has 3 aromatic rings. The number of aryl methyl sites for hydroxylation is 1. The highest BCUT2D eigenvalue weighted by atomic mass is 35.5. The predicted octanol–water partition coefficient (Wildman–Crippen LogP) is 5.85. The van der Waals surface area contributed by atoms with Gasteiger partial charge < -0.3 is 15.4 Å². The zero-order chi connectivity index (χ0) is 25.8. The third kappa shape index (κ3) is 7.63. The maximum Gasteiger partial charge on any atom is 0.407 e. The smallest absolute Gasteiger partial charge is 0.407 e. The molecule has 0 saturated carbocycles. The summed E-state index contributed by atoms with van der Waals surface area (Å²) in [5, 5.41) is 6.27. The van der Waals surface area contributed by atoms with E-state index in [1.54, 1.807) is 64.1 Å². The van der Waals surface area contributed by atoms with Crippen LogP contribution in [0.4, 0.5) is 9.18 Å². The number of pyridine rings is 2. The number of amides is 2. The van der Waals surface area contributed by atoms with Gasteiger partial charge in [-0.25, -0.2) is 14.8 Å². The first-order chi connectivity index (χ1) is 16.4. The summed E-state index contributed by atoms with van der Waals surface area (Å²) < 4.78 is 18.8. The molecule has 0 atom stereocenters. The van der Waals surface area contributed by atoms with Gasteiger partial charge in [-0.05, 0) is 75.2 Å². The first kappa shape index (κ1) is 26.4. The van der Waals surface area contributed by atoms with Gasteiger partial charge in [0, 0.05) is 24.3 Å². The SMILES string of the molecule is Cc1nc(F)ccc1-c1cc(CNC(=O)OC(C)(C)C)cc(C(=O)NCc2ccc(Cl)c(Cl)c2)n1. The molecule has 2 aromatic heterocycles. The van der Waals surface area contributed by atoms with Crippen molar-refractivity contribution in [3.63, 3.8) is 0 Å². The molecule has 0 saturated heterocycles. The van der Waals surface area contributed by atoms with E-state index in [2.05, 4.69) is 20.6 Å². The number of alkyl carbamates (subject to hydrolysis) is 1. The molecular weight excluding hydrogens is 494 g/mol. The summed E-state index contributed by atoms with van der Waals surface area (Å²) in [6.07, 6.45) is -0.596. The fraction of sp³-hybridized carbons (Fsp3) is 0.280. The van der Waals surface area contributed by atoms with Gasteiger partial charge in [-0.15, -0.1) is 0 Å². The van der Waals surface area contributed by atoms with E-state index in [-0.39, 0.29) is 18.8 Å². The van der Waals surface area contributed by atoms with Gasteiger partial charge in [0.2, 0.25) is 5.95 Å². The number of carbonyl (C=O) groups is 2. The fourth-order valence-corrected chi connectivity index (χ4v) is 3.48. The van der Waals surface area contributed by atoms with Crippen LogP contribution in [0, 0.1) is 12.9 Å². The molecule has 0 spiro atoms. The molecule has 1 aromatic carbocycles. The Balaban J connectivity index is 1.86. The van der Waals surface area contributed by atoms with Gasteiger partial charge in [-0.3, -0.25) is 4.79 Å². The van der Waals surface area contributed by atoms with E-state index < -0.39 is 23.5 Å². The quantitative estimate of drug-likeness (QED) is 0.399. The van der Waals surface area contributed by atoms with Crippen LogP contribution in [0.2, 0.25) is 10.0 Å². The minimum Gasteiger partial charge on any atom is -0.444 e. The van der Waals surface area contributed by atoms with Crippen molar-refractivity contribution in [3.05, 3.63) is 81.0 Å². The average molecular weight is 519 g/mol. The number of nitrogens with one attached hydrogen (secondary N) is 2. The van der Waals surface area contributed by atoms with Crippen molar-refractivity contribution in [3.8, 4) is 11.3 Å². The second-order valence-corrected chi connectivity index (χ2v) is 9.61. The number of aromatic nitrogens is 2. The third-order valence-corrected chi connectivity index (χ3v) is 5.46. The van der Waals surface area contributed by atoms with Gasteiger partial charge in [-0.2, -0.15) is 4.39 Å². The van der Waals surface area contributed by atoms with Crippen molar-refractivity contribution in [1.29, 1.82) is 0 Å². The van der Waals surface area contributed by atoms with Crippen molar-refractivity contribution in [2.75, 3.05) is 0 Å². The molecule has 0 unspecified atom stereocenters. The Morgan fingerprint density at radius 3 is 2.31 bits per heavy atom. The highest BCUT2D eigenvalue weighted by molar-refractivity contribution is 6.42. The van der Waals surface area contributed by atoms with E-state index in [4.69, 9.17) is 27.9 Å². The van der Waals surface area contributed by atoms with E-state index in [0.29, 0.717) is 32.6 Å². The summed E-state index contributed by atoms with van der Waals surface area (Å²) in [6, 6.07) is 11.1. The minimum absolute atomic E-state index is 0.0885. The molecule has 0 aliphatic rings. The fourth-order valence-electron chi connectivity index (χ4n) is 3.16. The van der Waals surface area contributed by atoms with Crippen LogP contribution in [-0.2, 0) is 17.8 Å². The molecule has 7 nitrogen and oxygen atoms in total. The van der Waals surface area contributed by atoms with Gasteiger partial charge in [0.05, 0.1) is 15.7 Å². The first-order valence-corrected chi connectivity index (χ1v) is 11.5. The molecule has 2 heterocycles. The number of halogens is 3. The largest absolute Gasteiger partial charge is 0.444 e. The molecular formula is C25H25Cl2FN4O3. The second kappa shape index (κ2) is 11.0. The molecule has 0 bridgehead atoms. The monoisotopic (exact) mass is 518 g/mol. The molecule has 0 aliphatic carbocycles. The van der Waals surface area contributed by atoms with Crippen molar-refractivity contribution < 1.29 is 18.7 Å². The summed E-state index contributed by atoms with van der Waals surface area (Å²) in [7, 11) is 0. The van der Waals surface area contributed by atoms with E-state index >= 15 is 0 Å². The maximum atomic E-state index is 13.5. The zero-order valence-corrected chi connectivity index (χ0v) is 21.2. The average Bonchev–Trinajstić information content (AvgIpc) is 2.77. The lowest BCUT2D eigenvalue weighted by molar-refractivity contribution is 0.0523. The van der Waals surface area contributed by atoms with Gasteiger partial charge in [0.1, 0.15) is 11.3 Å². The van der Waals surface area contributed by atoms with Crippen LogP contribution in [0.15, 0.2) is 42.5 Å². The van der Waals surface area contributed by atoms with Gasteiger partial charge >= 0.3 is 6.09 Å². The summed E-state index contributed by atoms with van der Waals surface area (Å²) in [5.74, 6) is -1.06. The summed E-state index contributed by atoms with van der Waals surface area (Å²) in [6.45, 7) is 7.22. The maximum absolute atomic E-state index is 13.5. The predicted molar refractivity (Wildman–Crippen MR) is 133 cm³/mol. The van der Waals surface area contributed by atoms with Crippen LogP contribution in [0.5, 0.6) is 0 Å². The molecule has 0 aliphatic heterocycles. The normalized spacial score (nSPS) is 11.2.